The average molecular weight is 330 g/mol. The second kappa shape index (κ2) is 7.65. The van der Waals surface area contributed by atoms with Gasteiger partial charge in [0.25, 0.3) is 0 Å². The quantitative estimate of drug-likeness (QED) is 0.781. The van der Waals surface area contributed by atoms with E-state index in [-0.39, 0.29) is 17.2 Å². The molecular weight excluding hydrogens is 302 g/mol. The van der Waals surface area contributed by atoms with Crippen LogP contribution in [0.2, 0.25) is 0 Å². The molecule has 0 saturated heterocycles. The highest BCUT2D eigenvalue weighted by molar-refractivity contribution is 8.00. The Morgan fingerprint density at radius 3 is 2.19 bits per heavy atom. The molecule has 0 amide bonds. The van der Waals surface area contributed by atoms with Crippen molar-refractivity contribution in [2.24, 2.45) is 0 Å². The first-order chi connectivity index (χ1) is 9.63. The molecule has 0 radical (unpaired) electrons. The third-order valence-corrected chi connectivity index (χ3v) is 5.68. The Bertz CT molecular complexity index is 530. The topological polar surface area (TPSA) is 46.2 Å². The van der Waals surface area contributed by atoms with Gasteiger partial charge in [0.15, 0.2) is 0 Å². The van der Waals surface area contributed by atoms with Crippen molar-refractivity contribution >= 4 is 21.6 Å². The van der Waals surface area contributed by atoms with E-state index in [0.29, 0.717) is 5.75 Å². The molecule has 0 aliphatic carbocycles. The number of sulfone groups is 1. The molecule has 0 aliphatic heterocycles. The van der Waals surface area contributed by atoms with E-state index in [1.165, 1.54) is 17.4 Å². The molecule has 0 heterocycles. The Balaban J connectivity index is 2.60. The lowest BCUT2D eigenvalue weighted by molar-refractivity contribution is 0.588. The molecule has 0 aliphatic rings. The van der Waals surface area contributed by atoms with Crippen LogP contribution in [0.1, 0.15) is 37.9 Å². The van der Waals surface area contributed by atoms with Crippen LogP contribution in [0.3, 0.4) is 0 Å². The summed E-state index contributed by atoms with van der Waals surface area (Å²) >= 11 is 1.68. The lowest BCUT2D eigenvalue weighted by Gasteiger charge is -2.21. The highest BCUT2D eigenvalue weighted by Crippen LogP contribution is 2.25. The fraction of sp³-hybridized carbons (Fsp3) is 0.625. The molecule has 0 bridgehead atoms. The minimum atomic E-state index is -2.86. The van der Waals surface area contributed by atoms with Gasteiger partial charge in [-0.05, 0) is 23.6 Å². The minimum absolute atomic E-state index is 0.165. The predicted molar refractivity (Wildman–Crippen MR) is 94.0 cm³/mol. The first-order valence-corrected chi connectivity index (χ1v) is 10.4. The number of hydrogen-bond donors (Lipinski definition) is 1. The van der Waals surface area contributed by atoms with E-state index in [9.17, 15) is 8.42 Å². The van der Waals surface area contributed by atoms with Crippen molar-refractivity contribution in [3.05, 3.63) is 35.4 Å². The number of nitrogens with one attached hydrogen (secondary N) is 1. The Morgan fingerprint density at radius 2 is 1.76 bits per heavy atom. The smallest absolute Gasteiger partial charge is 0.148 e. The summed E-state index contributed by atoms with van der Waals surface area (Å²) in [5.41, 5.74) is 2.74. The van der Waals surface area contributed by atoms with Crippen LogP contribution in [-0.4, -0.2) is 39.0 Å². The zero-order valence-electron chi connectivity index (χ0n) is 13.6. The van der Waals surface area contributed by atoms with Crippen molar-refractivity contribution in [3.63, 3.8) is 0 Å². The van der Waals surface area contributed by atoms with Crippen LogP contribution in [0, 0.1) is 0 Å². The van der Waals surface area contributed by atoms with Crippen LogP contribution in [0.5, 0.6) is 0 Å². The normalized spacial score (nSPS) is 14.1. The molecule has 1 rings (SSSR count). The highest BCUT2D eigenvalue weighted by Gasteiger charge is 2.15. The van der Waals surface area contributed by atoms with Crippen molar-refractivity contribution in [1.29, 1.82) is 0 Å². The maximum Gasteiger partial charge on any atom is 0.148 e. The molecule has 3 nitrogen and oxygen atoms in total. The second-order valence-electron chi connectivity index (χ2n) is 6.42. The number of hydrogen-bond acceptors (Lipinski definition) is 4. The van der Waals surface area contributed by atoms with Gasteiger partial charge in [-0.1, -0.05) is 45.0 Å². The van der Waals surface area contributed by atoms with Crippen molar-refractivity contribution in [1.82, 2.24) is 5.32 Å². The molecule has 0 aromatic heterocycles. The summed E-state index contributed by atoms with van der Waals surface area (Å²) in [7, 11) is -0.913. The van der Waals surface area contributed by atoms with Crippen LogP contribution < -0.4 is 5.32 Å². The van der Waals surface area contributed by atoms with E-state index in [0.717, 1.165) is 5.75 Å². The Morgan fingerprint density at radius 1 is 1.19 bits per heavy atom. The summed E-state index contributed by atoms with van der Waals surface area (Å²) in [6, 6.07) is 8.95. The number of rotatable bonds is 7. The molecule has 0 saturated carbocycles. The molecule has 1 aromatic rings. The fourth-order valence-electron chi connectivity index (χ4n) is 1.97. The zero-order chi connectivity index (χ0) is 16.1. The van der Waals surface area contributed by atoms with Crippen LogP contribution in [0.4, 0.5) is 0 Å². The molecule has 0 fully saturated rings. The molecule has 0 spiro atoms. The maximum absolute atomic E-state index is 11.1. The third kappa shape index (κ3) is 6.85. The van der Waals surface area contributed by atoms with Gasteiger partial charge in [-0.25, -0.2) is 8.42 Å². The standard InChI is InChI=1S/C16H27NO2S2/c1-16(2,3)14-8-6-13(7-9-14)15(17-4)12-20-10-11-21(5,18)19/h6-9,15,17H,10-12H2,1-5H3. The first-order valence-electron chi connectivity index (χ1n) is 7.16. The van der Waals surface area contributed by atoms with Crippen molar-refractivity contribution in [2.45, 2.75) is 32.2 Å². The van der Waals surface area contributed by atoms with Crippen LogP contribution in [0.25, 0.3) is 0 Å². The Kier molecular flexibility index (Phi) is 6.75. The van der Waals surface area contributed by atoms with Crippen LogP contribution in [0.15, 0.2) is 24.3 Å². The van der Waals surface area contributed by atoms with E-state index in [1.54, 1.807) is 11.8 Å². The fourth-order valence-corrected chi connectivity index (χ4v) is 4.42. The van der Waals surface area contributed by atoms with Crippen molar-refractivity contribution in [3.8, 4) is 0 Å². The minimum Gasteiger partial charge on any atom is -0.312 e. The molecule has 1 N–H and O–H groups in total. The first kappa shape index (κ1) is 18.5. The molecule has 120 valence electrons. The molecular formula is C16H27NO2S2. The van der Waals surface area contributed by atoms with Crippen molar-refractivity contribution < 1.29 is 8.42 Å². The molecule has 5 heteroatoms. The summed E-state index contributed by atoms with van der Waals surface area (Å²) in [4.78, 5) is 0. The van der Waals surface area contributed by atoms with Crippen LogP contribution >= 0.6 is 11.8 Å². The summed E-state index contributed by atoms with van der Waals surface area (Å²) in [5.74, 6) is 1.77. The van der Waals surface area contributed by atoms with E-state index < -0.39 is 9.84 Å². The molecule has 1 aromatic carbocycles. The van der Waals surface area contributed by atoms with E-state index in [4.69, 9.17) is 0 Å². The van der Waals surface area contributed by atoms with Gasteiger partial charge in [0, 0.05) is 23.8 Å². The lowest BCUT2D eigenvalue weighted by atomic mass is 9.86. The Labute approximate surface area is 133 Å². The lowest BCUT2D eigenvalue weighted by Crippen LogP contribution is -2.20. The van der Waals surface area contributed by atoms with Gasteiger partial charge < -0.3 is 5.32 Å². The zero-order valence-corrected chi connectivity index (χ0v) is 15.3. The number of benzene rings is 1. The summed E-state index contributed by atoms with van der Waals surface area (Å²) in [6.07, 6.45) is 1.29. The van der Waals surface area contributed by atoms with Gasteiger partial charge in [0.1, 0.15) is 9.84 Å². The van der Waals surface area contributed by atoms with Gasteiger partial charge in [0.05, 0.1) is 5.75 Å². The Hall–Kier alpha value is -0.520. The summed E-state index contributed by atoms with van der Waals surface area (Å²) in [6.45, 7) is 6.62. The maximum atomic E-state index is 11.1. The predicted octanol–water partition coefficient (Wildman–Crippen LogP) is 3.02. The SMILES string of the molecule is CNC(CSCCS(C)(=O)=O)c1ccc(C(C)(C)C)cc1. The second-order valence-corrected chi connectivity index (χ2v) is 9.83. The molecule has 1 atom stereocenters. The molecule has 21 heavy (non-hydrogen) atoms. The van der Waals surface area contributed by atoms with E-state index in [1.807, 2.05) is 7.05 Å². The van der Waals surface area contributed by atoms with E-state index >= 15 is 0 Å². The van der Waals surface area contributed by atoms with Crippen LogP contribution in [-0.2, 0) is 15.3 Å². The monoisotopic (exact) mass is 329 g/mol. The van der Waals surface area contributed by atoms with E-state index in [2.05, 4.69) is 50.4 Å². The third-order valence-electron chi connectivity index (χ3n) is 3.41. The van der Waals surface area contributed by atoms with Gasteiger partial charge >= 0.3 is 0 Å². The largest absolute Gasteiger partial charge is 0.312 e. The average Bonchev–Trinajstić information content (AvgIpc) is 2.37. The van der Waals surface area contributed by atoms with Crippen molar-refractivity contribution in [2.75, 3.05) is 30.6 Å². The van der Waals surface area contributed by atoms with Gasteiger partial charge in [0.2, 0.25) is 0 Å². The number of thioether (sulfide) groups is 1. The molecule has 1 unspecified atom stereocenters. The van der Waals surface area contributed by atoms with Gasteiger partial charge in [-0.2, -0.15) is 11.8 Å². The summed E-state index contributed by atoms with van der Waals surface area (Å²) < 4.78 is 22.2. The highest BCUT2D eigenvalue weighted by atomic mass is 32.2. The van der Waals surface area contributed by atoms with Gasteiger partial charge in [-0.15, -0.1) is 0 Å². The van der Waals surface area contributed by atoms with Gasteiger partial charge in [-0.3, -0.25) is 0 Å². The summed E-state index contributed by atoms with van der Waals surface area (Å²) in [5, 5.41) is 3.30.